The van der Waals surface area contributed by atoms with Crippen LogP contribution in [-0.2, 0) is 11.3 Å². The second kappa shape index (κ2) is 6.98. The summed E-state index contributed by atoms with van der Waals surface area (Å²) in [6.07, 6.45) is 0. The van der Waals surface area contributed by atoms with Crippen LogP contribution in [0.3, 0.4) is 0 Å². The molecule has 1 heterocycles. The fraction of sp³-hybridized carbons (Fsp3) is 0.286. The van der Waals surface area contributed by atoms with E-state index in [1.807, 2.05) is 24.3 Å². The third kappa shape index (κ3) is 4.02. The van der Waals surface area contributed by atoms with Crippen LogP contribution < -0.4 is 16.4 Å². The Hall–Kier alpha value is -1.97. The van der Waals surface area contributed by atoms with E-state index in [2.05, 4.69) is 22.5 Å². The molecule has 0 aromatic heterocycles. The molecule has 0 saturated carbocycles. The van der Waals surface area contributed by atoms with Crippen molar-refractivity contribution in [2.75, 3.05) is 12.3 Å². The van der Waals surface area contributed by atoms with Gasteiger partial charge in [-0.25, -0.2) is 0 Å². The van der Waals surface area contributed by atoms with Crippen molar-refractivity contribution in [3.05, 3.63) is 35.4 Å². The van der Waals surface area contributed by atoms with Gasteiger partial charge < -0.3 is 16.4 Å². The van der Waals surface area contributed by atoms with Crippen LogP contribution in [0.1, 0.15) is 11.1 Å². The molecule has 1 aliphatic heterocycles. The summed E-state index contributed by atoms with van der Waals surface area (Å²) in [6.45, 7) is 0.767. The Bertz CT molecular complexity index is 560. The van der Waals surface area contributed by atoms with Crippen molar-refractivity contribution in [2.45, 2.75) is 12.6 Å². The molecule has 2 amide bonds. The fourth-order valence-corrected chi connectivity index (χ4v) is 2.48. The molecule has 1 aliphatic rings. The molecule has 4 N–H and O–H groups in total. The summed E-state index contributed by atoms with van der Waals surface area (Å²) in [5, 5.41) is 5.26. The molecule has 0 aliphatic carbocycles. The summed E-state index contributed by atoms with van der Waals surface area (Å²) >= 11 is 1.13. The van der Waals surface area contributed by atoms with E-state index in [4.69, 9.17) is 5.73 Å². The molecule has 1 atom stereocenters. The predicted molar refractivity (Wildman–Crippen MR) is 79.0 cm³/mol. The van der Waals surface area contributed by atoms with E-state index in [0.29, 0.717) is 18.8 Å². The Morgan fingerprint density at radius 1 is 1.45 bits per heavy atom. The summed E-state index contributed by atoms with van der Waals surface area (Å²) in [5.41, 5.74) is 7.18. The molecule has 2 rings (SSSR count). The van der Waals surface area contributed by atoms with Crippen LogP contribution in [0.4, 0.5) is 4.79 Å². The van der Waals surface area contributed by atoms with Gasteiger partial charge in [-0.2, -0.15) is 0 Å². The second-order valence-corrected chi connectivity index (χ2v) is 5.21. The van der Waals surface area contributed by atoms with Gasteiger partial charge in [0.15, 0.2) is 0 Å². The van der Waals surface area contributed by atoms with Crippen molar-refractivity contribution >= 4 is 22.9 Å². The van der Waals surface area contributed by atoms with Crippen molar-refractivity contribution in [3.63, 3.8) is 0 Å². The minimum Gasteiger partial charge on any atom is -0.350 e. The lowest BCUT2D eigenvalue weighted by atomic mass is 10.1. The smallest absolute Gasteiger partial charge is 0.279 e. The van der Waals surface area contributed by atoms with Gasteiger partial charge in [0.1, 0.15) is 6.04 Å². The zero-order valence-corrected chi connectivity index (χ0v) is 11.6. The van der Waals surface area contributed by atoms with Crippen LogP contribution in [0.25, 0.3) is 0 Å². The predicted octanol–water partition coefficient (Wildman–Crippen LogP) is 0.438. The molecule has 1 unspecified atom stereocenters. The number of rotatable bonds is 3. The minimum atomic E-state index is -0.429. The Kier molecular flexibility index (Phi) is 5.04. The summed E-state index contributed by atoms with van der Waals surface area (Å²) in [7, 11) is 0. The number of benzene rings is 1. The van der Waals surface area contributed by atoms with Crippen molar-refractivity contribution < 1.29 is 9.59 Å². The number of amides is 2. The number of hydrogen-bond acceptors (Lipinski definition) is 4. The molecule has 1 saturated heterocycles. The van der Waals surface area contributed by atoms with E-state index in [9.17, 15) is 9.59 Å². The third-order valence-corrected chi connectivity index (χ3v) is 3.63. The van der Waals surface area contributed by atoms with Crippen LogP contribution in [-0.4, -0.2) is 29.5 Å². The Morgan fingerprint density at radius 3 is 2.80 bits per heavy atom. The van der Waals surface area contributed by atoms with Gasteiger partial charge in [0.2, 0.25) is 5.91 Å². The van der Waals surface area contributed by atoms with Crippen LogP contribution in [0.5, 0.6) is 0 Å². The van der Waals surface area contributed by atoms with Crippen molar-refractivity contribution in [1.82, 2.24) is 10.6 Å². The maximum Gasteiger partial charge on any atom is 0.279 e. The second-order valence-electron chi connectivity index (χ2n) is 4.22. The van der Waals surface area contributed by atoms with Gasteiger partial charge >= 0.3 is 0 Å². The van der Waals surface area contributed by atoms with Crippen LogP contribution in [0.2, 0.25) is 0 Å². The van der Waals surface area contributed by atoms with E-state index in [-0.39, 0.29) is 11.1 Å². The first-order valence-electron chi connectivity index (χ1n) is 6.18. The van der Waals surface area contributed by atoms with E-state index >= 15 is 0 Å². The number of carbonyl (C=O) groups is 2. The number of nitrogens with one attached hydrogen (secondary N) is 2. The standard InChI is InChI=1S/C14H15N3O2S/c15-7-1-2-10-3-5-11(6-4-10)8-16-13(18)12-9-20-14(19)17-12/h3-6,12H,7-9,15H2,(H,16,18)(H,17,19). The van der Waals surface area contributed by atoms with Gasteiger partial charge in [0.05, 0.1) is 6.54 Å². The van der Waals surface area contributed by atoms with E-state index in [0.717, 1.165) is 22.9 Å². The highest BCUT2D eigenvalue weighted by Crippen LogP contribution is 2.13. The van der Waals surface area contributed by atoms with Crippen molar-refractivity contribution in [1.29, 1.82) is 0 Å². The maximum atomic E-state index is 11.8. The lowest BCUT2D eigenvalue weighted by Crippen LogP contribution is -2.42. The van der Waals surface area contributed by atoms with Crippen molar-refractivity contribution in [2.24, 2.45) is 5.73 Å². The molecule has 5 nitrogen and oxygen atoms in total. The first-order valence-corrected chi connectivity index (χ1v) is 7.16. The summed E-state index contributed by atoms with van der Waals surface area (Å²) in [5.74, 6) is 6.04. The van der Waals surface area contributed by atoms with Gasteiger partial charge in [0, 0.05) is 17.9 Å². The van der Waals surface area contributed by atoms with Gasteiger partial charge in [0.25, 0.3) is 5.24 Å². The lowest BCUT2D eigenvalue weighted by molar-refractivity contribution is -0.122. The number of hydrogen-bond donors (Lipinski definition) is 3. The van der Waals surface area contributed by atoms with Crippen molar-refractivity contribution in [3.8, 4) is 11.8 Å². The number of carbonyl (C=O) groups excluding carboxylic acids is 2. The zero-order valence-electron chi connectivity index (χ0n) is 10.8. The summed E-state index contributed by atoms with van der Waals surface area (Å²) in [4.78, 5) is 22.8. The van der Waals surface area contributed by atoms with Crippen LogP contribution in [0.15, 0.2) is 24.3 Å². The van der Waals surface area contributed by atoms with E-state index in [1.165, 1.54) is 0 Å². The number of thioether (sulfide) groups is 1. The molecule has 0 bridgehead atoms. The molecule has 0 radical (unpaired) electrons. The Balaban J connectivity index is 1.84. The van der Waals surface area contributed by atoms with Crippen LogP contribution in [0, 0.1) is 11.8 Å². The quantitative estimate of drug-likeness (QED) is 0.705. The van der Waals surface area contributed by atoms with Gasteiger partial charge in [-0.1, -0.05) is 35.7 Å². The highest BCUT2D eigenvalue weighted by molar-refractivity contribution is 8.14. The largest absolute Gasteiger partial charge is 0.350 e. The first kappa shape index (κ1) is 14.4. The van der Waals surface area contributed by atoms with Gasteiger partial charge in [-0.3, -0.25) is 9.59 Å². The summed E-state index contributed by atoms with van der Waals surface area (Å²) in [6, 6.07) is 7.16. The highest BCUT2D eigenvalue weighted by Gasteiger charge is 2.27. The van der Waals surface area contributed by atoms with Gasteiger partial charge in [-0.15, -0.1) is 0 Å². The third-order valence-electron chi connectivity index (χ3n) is 2.75. The van der Waals surface area contributed by atoms with Gasteiger partial charge in [-0.05, 0) is 17.7 Å². The topological polar surface area (TPSA) is 84.2 Å². The maximum absolute atomic E-state index is 11.8. The average molecular weight is 289 g/mol. The Morgan fingerprint density at radius 2 is 2.20 bits per heavy atom. The lowest BCUT2D eigenvalue weighted by Gasteiger charge is -2.10. The fourth-order valence-electron chi connectivity index (χ4n) is 1.70. The molecule has 20 heavy (non-hydrogen) atoms. The Labute approximate surface area is 121 Å². The molecule has 1 aromatic rings. The van der Waals surface area contributed by atoms with Crippen LogP contribution >= 0.6 is 11.8 Å². The zero-order chi connectivity index (χ0) is 14.4. The normalized spacial score (nSPS) is 17.1. The molecular formula is C14H15N3O2S. The molecular weight excluding hydrogens is 274 g/mol. The monoisotopic (exact) mass is 289 g/mol. The molecule has 0 spiro atoms. The van der Waals surface area contributed by atoms with E-state index in [1.54, 1.807) is 0 Å². The first-order chi connectivity index (χ1) is 9.69. The molecule has 6 heteroatoms. The van der Waals surface area contributed by atoms with E-state index < -0.39 is 6.04 Å². The number of nitrogens with two attached hydrogens (primary N) is 1. The average Bonchev–Trinajstić information content (AvgIpc) is 2.90. The molecule has 104 valence electrons. The minimum absolute atomic E-state index is 0.145. The SMILES string of the molecule is NCC#Cc1ccc(CNC(=O)C2CSC(=O)N2)cc1. The molecule has 1 aromatic carbocycles. The molecule has 1 fully saturated rings. The summed E-state index contributed by atoms with van der Waals surface area (Å²) < 4.78 is 0. The highest BCUT2D eigenvalue weighted by atomic mass is 32.2.